The fourth-order valence-corrected chi connectivity index (χ4v) is 5.07. The van der Waals surface area contributed by atoms with E-state index in [9.17, 15) is 0 Å². The lowest BCUT2D eigenvalue weighted by molar-refractivity contribution is 0.620. The van der Waals surface area contributed by atoms with Crippen molar-refractivity contribution in [1.82, 2.24) is 19.9 Å². The van der Waals surface area contributed by atoms with E-state index in [1.807, 2.05) is 115 Å². The molecule has 188 valence electrons. The van der Waals surface area contributed by atoms with Crippen LogP contribution in [0.5, 0.6) is 0 Å². The molecule has 3 aromatic heterocycles. The van der Waals surface area contributed by atoms with E-state index >= 15 is 0 Å². The lowest BCUT2D eigenvalue weighted by Crippen LogP contribution is -2.00. The van der Waals surface area contributed by atoms with Gasteiger partial charge in [0, 0.05) is 33.0 Å². The summed E-state index contributed by atoms with van der Waals surface area (Å²) in [6.45, 7) is 0. The topological polar surface area (TPSA) is 77.8 Å². The Kier molecular flexibility index (Phi) is 5.03. The molecule has 6 heteroatoms. The zero-order chi connectivity index (χ0) is 26.5. The van der Waals surface area contributed by atoms with Crippen LogP contribution in [0.15, 0.2) is 130 Å². The summed E-state index contributed by atoms with van der Waals surface area (Å²) in [5.74, 6) is 2.36. The van der Waals surface area contributed by atoms with Crippen LogP contribution in [0.1, 0.15) is 0 Å². The molecule has 0 aliphatic heterocycles. The number of aromatic nitrogens is 4. The number of nitrogens with zero attached hydrogens (tertiary/aromatic N) is 4. The minimum atomic E-state index is 0.563. The first kappa shape index (κ1) is 22.4. The Morgan fingerprint density at radius 1 is 0.425 bits per heavy atom. The van der Waals surface area contributed by atoms with Gasteiger partial charge in [0.1, 0.15) is 16.7 Å². The minimum Gasteiger partial charge on any atom is -0.456 e. The average Bonchev–Trinajstić information content (AvgIpc) is 3.63. The molecule has 0 fully saturated rings. The molecular weight excluding hydrogens is 496 g/mol. The molecular formula is C34H20N4O2. The highest BCUT2D eigenvalue weighted by atomic mass is 16.3. The number of rotatable bonds is 4. The highest BCUT2D eigenvalue weighted by Crippen LogP contribution is 2.38. The van der Waals surface area contributed by atoms with Gasteiger partial charge in [0.05, 0.1) is 0 Å². The van der Waals surface area contributed by atoms with Gasteiger partial charge < -0.3 is 8.83 Å². The summed E-state index contributed by atoms with van der Waals surface area (Å²) in [6.07, 6.45) is 0. The van der Waals surface area contributed by atoms with Gasteiger partial charge in [0.15, 0.2) is 23.1 Å². The molecule has 8 aromatic rings. The molecule has 5 aromatic carbocycles. The van der Waals surface area contributed by atoms with E-state index in [4.69, 9.17) is 28.8 Å². The van der Waals surface area contributed by atoms with Gasteiger partial charge >= 0.3 is 0 Å². The normalized spacial score (nSPS) is 11.5. The zero-order valence-electron chi connectivity index (χ0n) is 21.2. The third-order valence-electron chi connectivity index (χ3n) is 6.98. The van der Waals surface area contributed by atoms with Crippen LogP contribution in [0.4, 0.5) is 0 Å². The number of furan rings is 1. The molecule has 0 aliphatic carbocycles. The first-order chi connectivity index (χ1) is 19.8. The molecule has 6 nitrogen and oxygen atoms in total. The fraction of sp³-hybridized carbons (Fsp3) is 0. The highest BCUT2D eigenvalue weighted by molar-refractivity contribution is 6.12. The summed E-state index contributed by atoms with van der Waals surface area (Å²) in [7, 11) is 0. The molecule has 0 saturated carbocycles. The number of benzene rings is 5. The number of para-hydroxylation sites is 2. The van der Waals surface area contributed by atoms with Crippen molar-refractivity contribution in [3.05, 3.63) is 121 Å². The Balaban J connectivity index is 1.36. The van der Waals surface area contributed by atoms with Crippen LogP contribution in [0.3, 0.4) is 0 Å². The lowest BCUT2D eigenvalue weighted by Gasteiger charge is -2.09. The quantitative estimate of drug-likeness (QED) is 0.233. The predicted molar refractivity (Wildman–Crippen MR) is 156 cm³/mol. The smallest absolute Gasteiger partial charge is 0.227 e. The van der Waals surface area contributed by atoms with E-state index in [1.54, 1.807) is 0 Å². The average molecular weight is 517 g/mol. The van der Waals surface area contributed by atoms with Crippen molar-refractivity contribution in [3.63, 3.8) is 0 Å². The Morgan fingerprint density at radius 3 is 1.80 bits per heavy atom. The Labute approximate surface area is 228 Å². The van der Waals surface area contributed by atoms with Crippen LogP contribution in [0.2, 0.25) is 0 Å². The maximum atomic E-state index is 6.27. The van der Waals surface area contributed by atoms with Crippen molar-refractivity contribution in [3.8, 4) is 45.6 Å². The monoisotopic (exact) mass is 516 g/mol. The summed E-state index contributed by atoms with van der Waals surface area (Å²) < 4.78 is 12.3. The standard InChI is InChI=1S/C34H20N4O2/c1-3-10-21(11-4-1)31-36-32(22-12-5-2-6-13-22)38-33(37-31)24-14-9-17-29-30(24)25-20-23(18-19-27(25)39-29)34-35-26-15-7-8-16-28(26)40-34/h1-20H. The van der Waals surface area contributed by atoms with Crippen molar-refractivity contribution in [2.24, 2.45) is 0 Å². The van der Waals surface area contributed by atoms with Crippen molar-refractivity contribution in [2.45, 2.75) is 0 Å². The van der Waals surface area contributed by atoms with Gasteiger partial charge in [-0.25, -0.2) is 19.9 Å². The van der Waals surface area contributed by atoms with Gasteiger partial charge in [-0.3, -0.25) is 0 Å². The van der Waals surface area contributed by atoms with Gasteiger partial charge in [-0.15, -0.1) is 0 Å². The van der Waals surface area contributed by atoms with Crippen molar-refractivity contribution in [1.29, 1.82) is 0 Å². The fourth-order valence-electron chi connectivity index (χ4n) is 5.07. The minimum absolute atomic E-state index is 0.563. The van der Waals surface area contributed by atoms with Crippen LogP contribution in [-0.2, 0) is 0 Å². The van der Waals surface area contributed by atoms with Crippen molar-refractivity contribution in [2.75, 3.05) is 0 Å². The predicted octanol–water partition coefficient (Wildman–Crippen LogP) is 8.58. The molecule has 0 bridgehead atoms. The highest BCUT2D eigenvalue weighted by Gasteiger charge is 2.19. The zero-order valence-corrected chi connectivity index (χ0v) is 21.2. The van der Waals surface area contributed by atoms with Gasteiger partial charge in [-0.2, -0.15) is 0 Å². The molecule has 0 amide bonds. The third-order valence-corrected chi connectivity index (χ3v) is 6.98. The van der Waals surface area contributed by atoms with E-state index in [-0.39, 0.29) is 0 Å². The Bertz CT molecular complexity index is 2080. The third kappa shape index (κ3) is 3.74. The van der Waals surface area contributed by atoms with Crippen molar-refractivity contribution < 1.29 is 8.83 Å². The molecule has 0 atom stereocenters. The molecule has 8 rings (SSSR count). The van der Waals surface area contributed by atoms with Crippen LogP contribution in [0.25, 0.3) is 78.7 Å². The molecule has 0 radical (unpaired) electrons. The van der Waals surface area contributed by atoms with Crippen molar-refractivity contribution >= 4 is 33.0 Å². The van der Waals surface area contributed by atoms with Crippen LogP contribution in [0, 0.1) is 0 Å². The first-order valence-electron chi connectivity index (χ1n) is 13.0. The van der Waals surface area contributed by atoms with E-state index in [1.165, 1.54) is 0 Å². The van der Waals surface area contributed by atoms with Gasteiger partial charge in [-0.05, 0) is 36.4 Å². The molecule has 3 heterocycles. The van der Waals surface area contributed by atoms with Gasteiger partial charge in [0.25, 0.3) is 0 Å². The molecule has 0 spiro atoms. The van der Waals surface area contributed by atoms with Gasteiger partial charge in [-0.1, -0.05) is 84.9 Å². The largest absolute Gasteiger partial charge is 0.456 e. The maximum absolute atomic E-state index is 6.27. The second kappa shape index (κ2) is 8.99. The number of hydrogen-bond donors (Lipinski definition) is 0. The van der Waals surface area contributed by atoms with E-state index in [0.717, 1.165) is 55.3 Å². The summed E-state index contributed by atoms with van der Waals surface area (Å²) in [5.41, 5.74) is 6.67. The first-order valence-corrected chi connectivity index (χ1v) is 13.0. The SMILES string of the molecule is c1ccc(-c2nc(-c3ccccc3)nc(-c3cccc4oc5ccc(-c6nc7ccccc7o6)cc5c34)n2)cc1. The molecule has 0 N–H and O–H groups in total. The number of hydrogen-bond acceptors (Lipinski definition) is 6. The molecule has 40 heavy (non-hydrogen) atoms. The maximum Gasteiger partial charge on any atom is 0.227 e. The summed E-state index contributed by atoms with van der Waals surface area (Å²) in [6, 6.07) is 39.7. The second-order valence-electron chi connectivity index (χ2n) is 9.52. The van der Waals surface area contributed by atoms with Crippen LogP contribution in [-0.4, -0.2) is 19.9 Å². The Morgan fingerprint density at radius 2 is 1.07 bits per heavy atom. The lowest BCUT2D eigenvalue weighted by atomic mass is 10.0. The van der Waals surface area contributed by atoms with Crippen LogP contribution < -0.4 is 0 Å². The summed E-state index contributed by atoms with van der Waals surface area (Å²) in [5, 5.41) is 1.87. The van der Waals surface area contributed by atoms with E-state index in [2.05, 4.69) is 6.07 Å². The number of fused-ring (bicyclic) bond motifs is 4. The number of oxazole rings is 1. The Hall–Kier alpha value is -5.62. The van der Waals surface area contributed by atoms with E-state index < -0.39 is 0 Å². The second-order valence-corrected chi connectivity index (χ2v) is 9.52. The molecule has 0 unspecified atom stereocenters. The molecule has 0 saturated heterocycles. The molecule has 0 aliphatic rings. The van der Waals surface area contributed by atoms with Gasteiger partial charge in [0.2, 0.25) is 5.89 Å². The van der Waals surface area contributed by atoms with E-state index in [0.29, 0.717) is 23.4 Å². The van der Waals surface area contributed by atoms with Crippen LogP contribution >= 0.6 is 0 Å². The summed E-state index contributed by atoms with van der Waals surface area (Å²) >= 11 is 0. The summed E-state index contributed by atoms with van der Waals surface area (Å²) in [4.78, 5) is 19.4.